The van der Waals surface area contributed by atoms with E-state index in [-0.39, 0.29) is 0 Å². The fourth-order valence-electron chi connectivity index (χ4n) is 2.51. The molecule has 0 saturated heterocycles. The van der Waals surface area contributed by atoms with Crippen molar-refractivity contribution in [2.45, 2.75) is 26.9 Å². The fraction of sp³-hybridized carbons (Fsp3) is 0.250. The van der Waals surface area contributed by atoms with Gasteiger partial charge in [0.2, 0.25) is 0 Å². The van der Waals surface area contributed by atoms with Gasteiger partial charge >= 0.3 is 0 Å². The van der Waals surface area contributed by atoms with Gasteiger partial charge < -0.3 is 10.1 Å². The number of benzene rings is 1. The van der Waals surface area contributed by atoms with Crippen molar-refractivity contribution in [3.05, 3.63) is 57.7 Å². The molecule has 0 bridgehead atoms. The molecule has 0 aliphatic rings. The first kappa shape index (κ1) is 12.5. The van der Waals surface area contributed by atoms with E-state index < -0.39 is 6.10 Å². The molecule has 19 heavy (non-hydrogen) atoms. The Morgan fingerprint density at radius 1 is 1.11 bits per heavy atom. The largest absolute Gasteiger partial charge is 0.382 e. The molecule has 2 N–H and O–H groups in total. The average Bonchev–Trinajstić information content (AvgIpc) is 2.95. The third-order valence-electron chi connectivity index (χ3n) is 3.93. The number of aryl methyl sites for hydroxylation is 1. The lowest BCUT2D eigenvalue weighted by molar-refractivity contribution is 0.217. The number of aliphatic hydroxyl groups excluding tert-OH is 1. The van der Waals surface area contributed by atoms with Crippen LogP contribution in [-0.4, -0.2) is 10.1 Å². The van der Waals surface area contributed by atoms with Crippen LogP contribution >= 0.6 is 11.3 Å². The molecule has 0 fully saturated rings. The summed E-state index contributed by atoms with van der Waals surface area (Å²) in [5, 5.41) is 13.9. The second kappa shape index (κ2) is 4.51. The number of aliphatic hydroxyl groups is 1. The summed E-state index contributed by atoms with van der Waals surface area (Å²) in [6.45, 7) is 6.19. The number of nitrogens with one attached hydrogen (secondary N) is 1. The zero-order valence-electron chi connectivity index (χ0n) is 11.3. The Bertz CT molecular complexity index is 738. The number of hydrogen-bond acceptors (Lipinski definition) is 2. The highest BCUT2D eigenvalue weighted by molar-refractivity contribution is 7.17. The molecule has 98 valence electrons. The lowest BCUT2D eigenvalue weighted by Crippen LogP contribution is -2.01. The minimum Gasteiger partial charge on any atom is -0.382 e. The van der Waals surface area contributed by atoms with Gasteiger partial charge in [-0.1, -0.05) is 18.2 Å². The van der Waals surface area contributed by atoms with Crippen molar-refractivity contribution in [2.24, 2.45) is 0 Å². The van der Waals surface area contributed by atoms with E-state index in [1.165, 1.54) is 10.3 Å². The number of aromatic amines is 1. The quantitative estimate of drug-likeness (QED) is 0.718. The van der Waals surface area contributed by atoms with Crippen LogP contribution in [0.3, 0.4) is 0 Å². The highest BCUT2D eigenvalue weighted by Crippen LogP contribution is 2.35. The average molecular weight is 271 g/mol. The maximum absolute atomic E-state index is 10.7. The summed E-state index contributed by atoms with van der Waals surface area (Å²) < 4.78 is 1.22. The van der Waals surface area contributed by atoms with E-state index in [9.17, 15) is 5.11 Å². The molecule has 1 unspecified atom stereocenters. The molecule has 3 aromatic rings. The lowest BCUT2D eigenvalue weighted by atomic mass is 10.0. The van der Waals surface area contributed by atoms with Crippen LogP contribution in [0.1, 0.15) is 34.2 Å². The van der Waals surface area contributed by atoms with E-state index in [4.69, 9.17) is 0 Å². The third kappa shape index (κ3) is 1.90. The molecule has 0 aliphatic carbocycles. The van der Waals surface area contributed by atoms with Gasteiger partial charge in [-0.05, 0) is 48.7 Å². The molecule has 2 aromatic heterocycles. The minimum atomic E-state index is -0.580. The number of thiophene rings is 1. The molecule has 0 spiro atoms. The van der Waals surface area contributed by atoms with Crippen molar-refractivity contribution < 1.29 is 5.11 Å². The maximum atomic E-state index is 10.7. The highest BCUT2D eigenvalue weighted by Gasteiger charge is 2.20. The summed E-state index contributed by atoms with van der Waals surface area (Å²) in [4.78, 5) is 3.32. The Morgan fingerprint density at radius 2 is 1.84 bits per heavy atom. The molecule has 0 saturated carbocycles. The van der Waals surface area contributed by atoms with Gasteiger partial charge in [0.15, 0.2) is 0 Å². The monoisotopic (exact) mass is 271 g/mol. The molecule has 1 aromatic carbocycles. The molecular formula is C16H17NOS. The van der Waals surface area contributed by atoms with Crippen molar-refractivity contribution in [3.8, 4) is 0 Å². The van der Waals surface area contributed by atoms with Gasteiger partial charge in [-0.15, -0.1) is 11.3 Å². The van der Waals surface area contributed by atoms with Gasteiger partial charge in [0.25, 0.3) is 0 Å². The van der Waals surface area contributed by atoms with Crippen molar-refractivity contribution in [2.75, 3.05) is 0 Å². The Kier molecular flexibility index (Phi) is 2.96. The number of hydrogen-bond donors (Lipinski definition) is 2. The summed E-state index contributed by atoms with van der Waals surface area (Å²) in [6.07, 6.45) is -0.580. The van der Waals surface area contributed by atoms with Crippen LogP contribution in [0.15, 0.2) is 29.6 Å². The van der Waals surface area contributed by atoms with Crippen LogP contribution in [0.25, 0.3) is 10.1 Å². The van der Waals surface area contributed by atoms with E-state index in [0.717, 1.165) is 27.9 Å². The summed E-state index contributed by atoms with van der Waals surface area (Å²) in [6, 6.07) is 8.21. The number of rotatable bonds is 2. The van der Waals surface area contributed by atoms with Gasteiger partial charge in [0.1, 0.15) is 6.10 Å². The predicted molar refractivity (Wildman–Crippen MR) is 80.9 cm³/mol. The first-order valence-corrected chi connectivity index (χ1v) is 7.27. The topological polar surface area (TPSA) is 36.0 Å². The fourth-order valence-corrected chi connectivity index (χ4v) is 3.49. The van der Waals surface area contributed by atoms with Crippen LogP contribution in [0.2, 0.25) is 0 Å². The Balaban J connectivity index is 2.13. The standard InChI is InChI=1S/C16H17NOS/c1-9-10(2)15(17-11(9)3)16(18)13-8-19-14-7-5-4-6-12(13)14/h4-8,16-18H,1-3H3. The summed E-state index contributed by atoms with van der Waals surface area (Å²) in [7, 11) is 0. The van der Waals surface area contributed by atoms with Crippen LogP contribution in [0.4, 0.5) is 0 Å². The van der Waals surface area contributed by atoms with Crippen LogP contribution in [0, 0.1) is 20.8 Å². The summed E-state index contributed by atoms with van der Waals surface area (Å²) in [5.41, 5.74) is 5.42. The minimum absolute atomic E-state index is 0.580. The predicted octanol–water partition coefficient (Wildman–Crippen LogP) is 4.24. The molecule has 0 aliphatic heterocycles. The molecule has 0 radical (unpaired) electrons. The summed E-state index contributed by atoms with van der Waals surface area (Å²) >= 11 is 1.68. The summed E-state index contributed by atoms with van der Waals surface area (Å²) in [5.74, 6) is 0. The van der Waals surface area contributed by atoms with E-state index in [2.05, 4.69) is 36.3 Å². The van der Waals surface area contributed by atoms with Crippen LogP contribution in [-0.2, 0) is 0 Å². The molecule has 2 heterocycles. The lowest BCUT2D eigenvalue weighted by Gasteiger charge is -2.10. The van der Waals surface area contributed by atoms with Crippen molar-refractivity contribution in [3.63, 3.8) is 0 Å². The van der Waals surface area contributed by atoms with Gasteiger partial charge in [-0.3, -0.25) is 0 Å². The first-order valence-electron chi connectivity index (χ1n) is 6.39. The first-order chi connectivity index (χ1) is 9.09. The van der Waals surface area contributed by atoms with Crippen molar-refractivity contribution in [1.82, 2.24) is 4.98 Å². The SMILES string of the molecule is Cc1[nH]c(C(O)c2csc3ccccc23)c(C)c1C. The van der Waals surface area contributed by atoms with Crippen molar-refractivity contribution in [1.29, 1.82) is 0 Å². The zero-order valence-corrected chi connectivity index (χ0v) is 12.1. The number of H-pyrrole nitrogens is 1. The van der Waals surface area contributed by atoms with Crippen molar-refractivity contribution >= 4 is 21.4 Å². The molecule has 2 nitrogen and oxygen atoms in total. The second-order valence-corrected chi connectivity index (χ2v) is 5.91. The molecule has 1 atom stereocenters. The Labute approximate surface area is 116 Å². The van der Waals surface area contributed by atoms with Gasteiger partial charge in [-0.25, -0.2) is 0 Å². The van der Waals surface area contributed by atoms with E-state index in [1.54, 1.807) is 11.3 Å². The van der Waals surface area contributed by atoms with Gasteiger partial charge in [-0.2, -0.15) is 0 Å². The number of fused-ring (bicyclic) bond motifs is 1. The van der Waals surface area contributed by atoms with Gasteiger partial charge in [0, 0.05) is 16.0 Å². The molecule has 3 rings (SSSR count). The Hall–Kier alpha value is -1.58. The van der Waals surface area contributed by atoms with E-state index >= 15 is 0 Å². The van der Waals surface area contributed by atoms with Crippen LogP contribution < -0.4 is 0 Å². The normalized spacial score (nSPS) is 13.1. The zero-order chi connectivity index (χ0) is 13.6. The van der Waals surface area contributed by atoms with E-state index in [1.807, 2.05) is 19.1 Å². The second-order valence-electron chi connectivity index (χ2n) is 5.00. The molecule has 0 amide bonds. The Morgan fingerprint density at radius 3 is 2.53 bits per heavy atom. The molecular weight excluding hydrogens is 254 g/mol. The van der Waals surface area contributed by atoms with E-state index in [0.29, 0.717) is 0 Å². The van der Waals surface area contributed by atoms with Crippen LogP contribution in [0.5, 0.6) is 0 Å². The molecule has 3 heteroatoms. The maximum Gasteiger partial charge on any atom is 0.120 e. The van der Waals surface area contributed by atoms with Gasteiger partial charge in [0.05, 0.1) is 5.69 Å². The number of aromatic nitrogens is 1. The highest BCUT2D eigenvalue weighted by atomic mass is 32.1. The smallest absolute Gasteiger partial charge is 0.120 e. The third-order valence-corrected chi connectivity index (χ3v) is 4.91.